The number of rotatable bonds is 6. The van der Waals surface area contributed by atoms with E-state index in [0.29, 0.717) is 23.6 Å². The average Bonchev–Trinajstić information content (AvgIpc) is 3.35. The number of ether oxygens (including phenoxy) is 2. The van der Waals surface area contributed by atoms with E-state index in [2.05, 4.69) is 37.3 Å². The van der Waals surface area contributed by atoms with Crippen molar-refractivity contribution < 1.29 is 9.47 Å². The van der Waals surface area contributed by atoms with Gasteiger partial charge in [0.2, 0.25) is 0 Å². The lowest BCUT2D eigenvalue weighted by atomic mass is 10.1. The molecule has 0 radical (unpaired) electrons. The molecule has 4 heterocycles. The summed E-state index contributed by atoms with van der Waals surface area (Å²) in [6.45, 7) is 3.55. The molecule has 0 atom stereocenters. The number of H-pyrrole nitrogens is 2. The summed E-state index contributed by atoms with van der Waals surface area (Å²) >= 11 is 0. The van der Waals surface area contributed by atoms with E-state index in [9.17, 15) is 4.79 Å². The summed E-state index contributed by atoms with van der Waals surface area (Å²) in [6, 6.07) is 17.5. The van der Waals surface area contributed by atoms with Crippen LogP contribution >= 0.6 is 0 Å². The molecule has 0 amide bonds. The minimum atomic E-state index is -0.220. The molecule has 3 N–H and O–H groups in total. The first-order chi connectivity index (χ1) is 17.7. The summed E-state index contributed by atoms with van der Waals surface area (Å²) in [5.74, 6) is 1.24. The van der Waals surface area contributed by atoms with Gasteiger partial charge in [0, 0.05) is 36.4 Å². The monoisotopic (exact) mass is 482 g/mol. The molecular formula is C27H26N6O3. The van der Waals surface area contributed by atoms with Crippen molar-refractivity contribution in [3.63, 3.8) is 0 Å². The Morgan fingerprint density at radius 3 is 2.78 bits per heavy atom. The zero-order chi connectivity index (χ0) is 24.5. The smallest absolute Gasteiger partial charge is 0.261 e. The third kappa shape index (κ3) is 4.14. The van der Waals surface area contributed by atoms with E-state index in [4.69, 9.17) is 14.5 Å². The van der Waals surface area contributed by atoms with Crippen LogP contribution in [0.4, 0.5) is 11.4 Å². The molecular weight excluding hydrogens is 456 g/mol. The average molecular weight is 483 g/mol. The number of hydrogen-bond acceptors (Lipinski definition) is 7. The number of methoxy groups -OCH3 is 1. The fraction of sp³-hybridized carbons (Fsp3) is 0.222. The molecule has 2 aromatic carbocycles. The summed E-state index contributed by atoms with van der Waals surface area (Å²) in [5.41, 5.74) is 5.27. The van der Waals surface area contributed by atoms with E-state index in [1.165, 1.54) is 0 Å². The lowest BCUT2D eigenvalue weighted by molar-refractivity contribution is 0.122. The Hall–Kier alpha value is -4.37. The van der Waals surface area contributed by atoms with Crippen LogP contribution in [0.1, 0.15) is 5.69 Å². The molecule has 1 fully saturated rings. The third-order valence-corrected chi connectivity index (χ3v) is 6.47. The Balaban J connectivity index is 1.43. The van der Waals surface area contributed by atoms with Gasteiger partial charge >= 0.3 is 0 Å². The highest BCUT2D eigenvalue weighted by molar-refractivity contribution is 5.99. The number of pyridine rings is 2. The van der Waals surface area contributed by atoms with Gasteiger partial charge in [0.1, 0.15) is 17.1 Å². The SMILES string of the molecule is COc1ccnc(CNc2c(-c3nc4ccc(N5CCOCC5)cc4[nH]3)c(=O)[nH]c3ccccc23)c1. The van der Waals surface area contributed by atoms with Gasteiger partial charge in [0.25, 0.3) is 5.56 Å². The van der Waals surface area contributed by atoms with Crippen molar-refractivity contribution in [3.8, 4) is 17.1 Å². The summed E-state index contributed by atoms with van der Waals surface area (Å²) in [5, 5.41) is 4.34. The van der Waals surface area contributed by atoms with Crippen molar-refractivity contribution in [2.45, 2.75) is 6.54 Å². The Labute approximate surface area is 207 Å². The second-order valence-electron chi connectivity index (χ2n) is 8.68. The second kappa shape index (κ2) is 9.35. The van der Waals surface area contributed by atoms with Gasteiger partial charge in [0.15, 0.2) is 0 Å². The molecule has 1 aliphatic heterocycles. The highest BCUT2D eigenvalue weighted by Crippen LogP contribution is 2.32. The Morgan fingerprint density at radius 1 is 1.06 bits per heavy atom. The van der Waals surface area contributed by atoms with Gasteiger partial charge in [0.05, 0.1) is 54.8 Å². The number of morpholine rings is 1. The van der Waals surface area contributed by atoms with E-state index >= 15 is 0 Å². The predicted octanol–water partition coefficient (Wildman–Crippen LogP) is 3.92. The number of nitrogens with zero attached hydrogens (tertiary/aromatic N) is 3. The normalized spacial score (nSPS) is 13.9. The van der Waals surface area contributed by atoms with Crippen molar-refractivity contribution in [1.29, 1.82) is 0 Å². The molecule has 0 aliphatic carbocycles. The standard InChI is InChI=1S/C27H26N6O3/c1-35-19-8-9-28-17(14-19)16-29-25-20-4-2-3-5-21(20)32-27(34)24(25)26-30-22-7-6-18(15-23(22)31-26)33-10-12-36-13-11-33/h2-9,14-15H,10-13,16H2,1H3,(H,30,31)(H2,29,32,34). The molecule has 0 bridgehead atoms. The van der Waals surface area contributed by atoms with E-state index in [-0.39, 0.29) is 5.56 Å². The maximum atomic E-state index is 13.3. The summed E-state index contributed by atoms with van der Waals surface area (Å²) in [7, 11) is 1.63. The highest BCUT2D eigenvalue weighted by atomic mass is 16.5. The van der Waals surface area contributed by atoms with Gasteiger partial charge in [-0.15, -0.1) is 0 Å². The van der Waals surface area contributed by atoms with Crippen LogP contribution in [0, 0.1) is 0 Å². The largest absolute Gasteiger partial charge is 0.497 e. The van der Waals surface area contributed by atoms with E-state index in [1.807, 2.05) is 36.4 Å². The lowest BCUT2D eigenvalue weighted by Gasteiger charge is -2.28. The molecule has 9 nitrogen and oxygen atoms in total. The summed E-state index contributed by atoms with van der Waals surface area (Å²) < 4.78 is 10.8. The minimum absolute atomic E-state index is 0.220. The quantitative estimate of drug-likeness (QED) is 0.337. The number of benzene rings is 2. The Kier molecular flexibility index (Phi) is 5.74. The van der Waals surface area contributed by atoms with Gasteiger partial charge in [-0.1, -0.05) is 18.2 Å². The molecule has 0 spiro atoms. The first kappa shape index (κ1) is 22.1. The molecule has 0 unspecified atom stereocenters. The molecule has 0 saturated carbocycles. The van der Waals surface area contributed by atoms with Crippen molar-refractivity contribution in [2.24, 2.45) is 0 Å². The summed E-state index contributed by atoms with van der Waals surface area (Å²) in [4.78, 5) is 31.2. The Bertz CT molecular complexity index is 1600. The highest BCUT2D eigenvalue weighted by Gasteiger charge is 2.19. The van der Waals surface area contributed by atoms with Crippen LogP contribution in [0.3, 0.4) is 0 Å². The maximum absolute atomic E-state index is 13.3. The molecule has 1 aliphatic rings. The van der Waals surface area contributed by atoms with Gasteiger partial charge in [-0.05, 0) is 30.3 Å². The van der Waals surface area contributed by atoms with Crippen molar-refractivity contribution in [1.82, 2.24) is 19.9 Å². The first-order valence-electron chi connectivity index (χ1n) is 11.9. The molecule has 5 aromatic rings. The van der Waals surface area contributed by atoms with Crippen LogP contribution in [0.25, 0.3) is 33.3 Å². The van der Waals surface area contributed by atoms with Crippen molar-refractivity contribution >= 4 is 33.3 Å². The van der Waals surface area contributed by atoms with E-state index < -0.39 is 0 Å². The van der Waals surface area contributed by atoms with Gasteiger partial charge in [-0.25, -0.2) is 4.98 Å². The van der Waals surface area contributed by atoms with E-state index in [1.54, 1.807) is 19.4 Å². The van der Waals surface area contributed by atoms with Crippen LogP contribution in [-0.2, 0) is 11.3 Å². The Morgan fingerprint density at radius 2 is 1.92 bits per heavy atom. The predicted molar refractivity (Wildman–Crippen MR) is 141 cm³/mol. The topological polar surface area (TPSA) is 108 Å². The molecule has 6 rings (SSSR count). The number of fused-ring (bicyclic) bond motifs is 2. The van der Waals surface area contributed by atoms with Gasteiger partial charge in [-0.2, -0.15) is 0 Å². The zero-order valence-electron chi connectivity index (χ0n) is 19.9. The number of imidazole rings is 1. The molecule has 182 valence electrons. The lowest BCUT2D eigenvalue weighted by Crippen LogP contribution is -2.36. The van der Waals surface area contributed by atoms with Crippen LogP contribution < -0.4 is 20.5 Å². The van der Waals surface area contributed by atoms with E-state index in [0.717, 1.165) is 65.4 Å². The number of para-hydroxylation sites is 1. The summed E-state index contributed by atoms with van der Waals surface area (Å²) in [6.07, 6.45) is 1.71. The number of aromatic amines is 2. The van der Waals surface area contributed by atoms with Crippen molar-refractivity contribution in [2.75, 3.05) is 43.6 Å². The third-order valence-electron chi connectivity index (χ3n) is 6.47. The number of hydrogen-bond donors (Lipinski definition) is 3. The van der Waals surface area contributed by atoms with Crippen LogP contribution in [0.15, 0.2) is 65.6 Å². The number of nitrogens with one attached hydrogen (secondary N) is 3. The molecule has 1 saturated heterocycles. The fourth-order valence-corrected chi connectivity index (χ4v) is 4.65. The first-order valence-corrected chi connectivity index (χ1v) is 11.9. The number of aromatic nitrogens is 4. The van der Waals surface area contributed by atoms with Crippen molar-refractivity contribution in [3.05, 3.63) is 76.8 Å². The van der Waals surface area contributed by atoms with Crippen LogP contribution in [0.5, 0.6) is 5.75 Å². The molecule has 3 aromatic heterocycles. The molecule has 9 heteroatoms. The van der Waals surface area contributed by atoms with Crippen LogP contribution in [0.2, 0.25) is 0 Å². The van der Waals surface area contributed by atoms with Gasteiger partial charge < -0.3 is 29.7 Å². The fourth-order valence-electron chi connectivity index (χ4n) is 4.65. The second-order valence-corrected chi connectivity index (χ2v) is 8.68. The zero-order valence-corrected chi connectivity index (χ0v) is 19.9. The van der Waals surface area contributed by atoms with Crippen LogP contribution in [-0.4, -0.2) is 53.3 Å². The van der Waals surface area contributed by atoms with Gasteiger partial charge in [-0.3, -0.25) is 9.78 Å². The number of anilines is 2. The molecule has 36 heavy (non-hydrogen) atoms. The maximum Gasteiger partial charge on any atom is 0.261 e. The minimum Gasteiger partial charge on any atom is -0.497 e.